The number of nitrogens with two attached hydrogens (primary N) is 1. The second-order valence-electron chi connectivity index (χ2n) is 3.11. The predicted octanol–water partition coefficient (Wildman–Crippen LogP) is 0.0652. The van der Waals surface area contributed by atoms with Crippen molar-refractivity contribution in [2.24, 2.45) is 5.14 Å². The smallest absolute Gasteiger partial charge is 0.216 e. The lowest BCUT2D eigenvalue weighted by molar-refractivity contribution is 0.362. The molecule has 1 aliphatic rings. The van der Waals surface area contributed by atoms with Crippen LogP contribution in [-0.2, 0) is 10.2 Å². The van der Waals surface area contributed by atoms with Crippen LogP contribution >= 0.6 is 11.8 Å². The molecule has 3 N–H and O–H groups in total. The minimum absolute atomic E-state index is 0.118. The maximum atomic E-state index is 10.6. The summed E-state index contributed by atoms with van der Waals surface area (Å²) in [7, 11) is -3.51. The van der Waals surface area contributed by atoms with Gasteiger partial charge in [0.1, 0.15) is 0 Å². The molecule has 0 bridgehead atoms. The topological polar surface area (TPSA) is 72.2 Å². The molecule has 1 rings (SSSR count). The predicted molar refractivity (Wildman–Crippen MR) is 51.2 cm³/mol. The molecule has 4 nitrogen and oxygen atoms in total. The highest BCUT2D eigenvalue weighted by atomic mass is 32.2. The highest BCUT2D eigenvalue weighted by Gasteiger charge is 2.36. The second kappa shape index (κ2) is 3.53. The van der Waals surface area contributed by atoms with E-state index in [1.54, 1.807) is 11.8 Å². The van der Waals surface area contributed by atoms with E-state index in [4.69, 9.17) is 5.14 Å². The van der Waals surface area contributed by atoms with Gasteiger partial charge in [0.15, 0.2) is 0 Å². The molecule has 12 heavy (non-hydrogen) atoms. The van der Waals surface area contributed by atoms with E-state index in [0.29, 0.717) is 6.54 Å². The van der Waals surface area contributed by atoms with Gasteiger partial charge < -0.3 is 0 Å². The third-order valence-corrected chi connectivity index (χ3v) is 4.26. The average Bonchev–Trinajstić information content (AvgIpc) is 1.84. The Morgan fingerprint density at radius 1 is 1.58 bits per heavy atom. The summed E-state index contributed by atoms with van der Waals surface area (Å²) < 4.78 is 23.6. The lowest BCUT2D eigenvalue weighted by Crippen LogP contribution is -2.46. The molecule has 0 spiro atoms. The van der Waals surface area contributed by atoms with Crippen LogP contribution in [0.2, 0.25) is 0 Å². The Morgan fingerprint density at radius 3 is 2.42 bits per heavy atom. The zero-order chi connectivity index (χ0) is 9.24. The fourth-order valence-corrected chi connectivity index (χ4v) is 2.74. The van der Waals surface area contributed by atoms with Crippen molar-refractivity contribution in [2.75, 3.05) is 12.8 Å². The zero-order valence-electron chi connectivity index (χ0n) is 7.04. The Balaban J connectivity index is 2.40. The van der Waals surface area contributed by atoms with E-state index >= 15 is 0 Å². The van der Waals surface area contributed by atoms with E-state index in [2.05, 4.69) is 4.72 Å². The summed E-state index contributed by atoms with van der Waals surface area (Å²) in [5.41, 5.74) is 0. The summed E-state index contributed by atoms with van der Waals surface area (Å²) in [6, 6.07) is 0. The monoisotopic (exact) mass is 210 g/mol. The number of hydrogen-bond donors (Lipinski definition) is 2. The van der Waals surface area contributed by atoms with E-state index in [1.165, 1.54) is 6.42 Å². The number of thioether (sulfide) groups is 1. The highest BCUT2D eigenvalue weighted by Crippen LogP contribution is 2.42. The van der Waals surface area contributed by atoms with E-state index < -0.39 is 10.2 Å². The van der Waals surface area contributed by atoms with Gasteiger partial charge in [-0.15, -0.1) is 0 Å². The van der Waals surface area contributed by atoms with Crippen molar-refractivity contribution in [3.63, 3.8) is 0 Å². The molecule has 1 fully saturated rings. The third-order valence-electron chi connectivity index (χ3n) is 2.29. The molecule has 1 aliphatic carbocycles. The Bertz CT molecular complexity index is 241. The zero-order valence-corrected chi connectivity index (χ0v) is 8.67. The SMILES string of the molecule is CSC1(CNS(N)(=O)=O)CCC1. The molecule has 72 valence electrons. The van der Waals surface area contributed by atoms with Gasteiger partial charge in [0, 0.05) is 11.3 Å². The highest BCUT2D eigenvalue weighted by molar-refractivity contribution is 8.00. The normalized spacial score (nSPS) is 21.8. The molecule has 0 atom stereocenters. The minimum Gasteiger partial charge on any atom is -0.216 e. The molecule has 0 aromatic heterocycles. The Kier molecular flexibility index (Phi) is 3.03. The van der Waals surface area contributed by atoms with E-state index in [-0.39, 0.29) is 4.75 Å². The van der Waals surface area contributed by atoms with E-state index in [1.807, 2.05) is 6.26 Å². The first-order chi connectivity index (χ1) is 5.47. The van der Waals surface area contributed by atoms with Crippen LogP contribution in [0.1, 0.15) is 19.3 Å². The number of nitrogens with one attached hydrogen (secondary N) is 1. The van der Waals surface area contributed by atoms with Crippen LogP contribution in [0.15, 0.2) is 0 Å². The molecule has 0 aromatic rings. The first kappa shape index (κ1) is 10.3. The summed E-state index contributed by atoms with van der Waals surface area (Å²) in [4.78, 5) is 0. The van der Waals surface area contributed by atoms with Gasteiger partial charge in [-0.05, 0) is 19.1 Å². The van der Waals surface area contributed by atoms with Crippen LogP contribution in [0.3, 0.4) is 0 Å². The van der Waals surface area contributed by atoms with Crippen LogP contribution < -0.4 is 9.86 Å². The summed E-state index contributed by atoms with van der Waals surface area (Å²) in [5.74, 6) is 0. The molecular formula is C6H14N2O2S2. The quantitative estimate of drug-likeness (QED) is 0.689. The lowest BCUT2D eigenvalue weighted by Gasteiger charge is -2.40. The van der Waals surface area contributed by atoms with E-state index in [0.717, 1.165) is 12.8 Å². The van der Waals surface area contributed by atoms with Gasteiger partial charge in [0.25, 0.3) is 10.2 Å². The van der Waals surface area contributed by atoms with Crippen molar-refractivity contribution in [1.82, 2.24) is 4.72 Å². The number of hydrogen-bond acceptors (Lipinski definition) is 3. The van der Waals surface area contributed by atoms with Gasteiger partial charge in [-0.25, -0.2) is 9.86 Å². The molecular weight excluding hydrogens is 196 g/mol. The molecule has 0 saturated heterocycles. The Hall–Kier alpha value is 0.220. The fraction of sp³-hybridized carbons (Fsp3) is 1.00. The van der Waals surface area contributed by atoms with Crippen LogP contribution in [0.4, 0.5) is 0 Å². The van der Waals surface area contributed by atoms with E-state index in [9.17, 15) is 8.42 Å². The maximum Gasteiger partial charge on any atom is 0.274 e. The van der Waals surface area contributed by atoms with Gasteiger partial charge in [0.2, 0.25) is 0 Å². The van der Waals surface area contributed by atoms with Gasteiger partial charge in [0.05, 0.1) is 0 Å². The van der Waals surface area contributed by atoms with Crippen LogP contribution in [0, 0.1) is 0 Å². The first-order valence-corrected chi connectivity index (χ1v) is 6.57. The molecule has 0 heterocycles. The second-order valence-corrected chi connectivity index (χ2v) is 5.76. The van der Waals surface area contributed by atoms with Crippen LogP contribution in [0.25, 0.3) is 0 Å². The third kappa shape index (κ3) is 2.62. The molecule has 1 saturated carbocycles. The molecule has 6 heteroatoms. The van der Waals surface area contributed by atoms with Crippen molar-refractivity contribution in [3.8, 4) is 0 Å². The molecule has 0 amide bonds. The average molecular weight is 210 g/mol. The van der Waals surface area contributed by atoms with Gasteiger partial charge in [-0.3, -0.25) is 0 Å². The summed E-state index contributed by atoms with van der Waals surface area (Å²) in [6.45, 7) is 0.465. The lowest BCUT2D eigenvalue weighted by atomic mass is 9.84. The van der Waals surface area contributed by atoms with Crippen molar-refractivity contribution < 1.29 is 8.42 Å². The summed E-state index contributed by atoms with van der Waals surface area (Å²) in [5, 5.41) is 4.83. The standard InChI is InChI=1S/C6H14N2O2S2/c1-11-6(3-2-4-6)5-8-12(7,9)10/h8H,2-5H2,1H3,(H2,7,9,10). The fourth-order valence-electron chi connectivity index (χ4n) is 1.26. The first-order valence-electron chi connectivity index (χ1n) is 3.80. The Morgan fingerprint density at radius 2 is 2.17 bits per heavy atom. The van der Waals surface area contributed by atoms with Gasteiger partial charge in [-0.1, -0.05) is 6.42 Å². The van der Waals surface area contributed by atoms with Crippen molar-refractivity contribution in [1.29, 1.82) is 0 Å². The molecule has 0 radical (unpaired) electrons. The Labute approximate surface area is 77.5 Å². The van der Waals surface area contributed by atoms with Crippen LogP contribution in [0.5, 0.6) is 0 Å². The number of rotatable bonds is 4. The maximum absolute atomic E-state index is 10.6. The van der Waals surface area contributed by atoms with Crippen LogP contribution in [-0.4, -0.2) is 26.0 Å². The molecule has 0 aliphatic heterocycles. The largest absolute Gasteiger partial charge is 0.274 e. The minimum atomic E-state index is -3.51. The summed E-state index contributed by atoms with van der Waals surface area (Å²) in [6.07, 6.45) is 5.35. The van der Waals surface area contributed by atoms with Gasteiger partial charge in [-0.2, -0.15) is 20.2 Å². The molecule has 0 aromatic carbocycles. The van der Waals surface area contributed by atoms with Gasteiger partial charge >= 0.3 is 0 Å². The van der Waals surface area contributed by atoms with Crippen molar-refractivity contribution in [3.05, 3.63) is 0 Å². The van der Waals surface area contributed by atoms with Crippen molar-refractivity contribution in [2.45, 2.75) is 24.0 Å². The van der Waals surface area contributed by atoms with Crippen molar-refractivity contribution >= 4 is 22.0 Å². The molecule has 0 unspecified atom stereocenters. The summed E-state index contributed by atoms with van der Waals surface area (Å²) >= 11 is 1.72.